The summed E-state index contributed by atoms with van der Waals surface area (Å²) in [5.74, 6) is 0.827. The molecule has 0 aliphatic carbocycles. The number of methoxy groups -OCH3 is 1. The van der Waals surface area contributed by atoms with Crippen molar-refractivity contribution in [2.75, 3.05) is 26.7 Å². The van der Waals surface area contributed by atoms with E-state index in [-0.39, 0.29) is 30.1 Å². The van der Waals surface area contributed by atoms with Crippen LogP contribution < -0.4 is 26.2 Å². The Morgan fingerprint density at radius 3 is 2.52 bits per heavy atom. The lowest BCUT2D eigenvalue weighted by Crippen LogP contribution is -2.52. The predicted octanol–water partition coefficient (Wildman–Crippen LogP) is 0.913. The Morgan fingerprint density at radius 2 is 1.89 bits per heavy atom. The van der Waals surface area contributed by atoms with Crippen molar-refractivity contribution in [1.29, 1.82) is 0 Å². The lowest BCUT2D eigenvalue weighted by Gasteiger charge is -2.32. The zero-order chi connectivity index (χ0) is 19.2. The minimum atomic E-state index is -0.265. The highest BCUT2D eigenvalue weighted by Crippen LogP contribution is 2.24. The van der Waals surface area contributed by atoms with E-state index in [9.17, 15) is 9.59 Å². The Balaban J connectivity index is 1.45. The molecule has 4 N–H and O–H groups in total. The van der Waals surface area contributed by atoms with Gasteiger partial charge < -0.3 is 20.3 Å². The van der Waals surface area contributed by atoms with Crippen LogP contribution in [0.1, 0.15) is 37.8 Å². The zero-order valence-electron chi connectivity index (χ0n) is 16.0. The summed E-state index contributed by atoms with van der Waals surface area (Å²) in [4.78, 5) is 26.2. The van der Waals surface area contributed by atoms with Crippen LogP contribution in [0.2, 0.25) is 0 Å². The van der Waals surface area contributed by atoms with Gasteiger partial charge in [0.25, 0.3) is 0 Å². The number of benzene rings is 1. The molecule has 1 aromatic carbocycles. The number of nitrogens with zero attached hydrogens (tertiary/aromatic N) is 1. The molecular weight excluding hydrogens is 346 g/mol. The molecule has 2 aliphatic heterocycles. The third-order valence-corrected chi connectivity index (χ3v) is 5.19. The third kappa shape index (κ3) is 4.90. The number of amides is 3. The number of hydrogen-bond acceptors (Lipinski definition) is 5. The van der Waals surface area contributed by atoms with Gasteiger partial charge in [0.1, 0.15) is 11.8 Å². The third-order valence-electron chi connectivity index (χ3n) is 5.19. The quantitative estimate of drug-likeness (QED) is 0.614. The van der Waals surface area contributed by atoms with Gasteiger partial charge >= 0.3 is 6.03 Å². The fraction of sp³-hybridized carbons (Fsp3) is 0.579. The smallest absolute Gasteiger partial charge is 0.317 e. The molecule has 8 heteroatoms. The maximum atomic E-state index is 12.6. The van der Waals surface area contributed by atoms with Gasteiger partial charge in [-0.2, -0.15) is 0 Å². The molecule has 2 heterocycles. The van der Waals surface area contributed by atoms with E-state index in [1.807, 2.05) is 31.2 Å². The van der Waals surface area contributed by atoms with Crippen molar-refractivity contribution in [3.8, 4) is 5.75 Å². The van der Waals surface area contributed by atoms with Crippen LogP contribution in [0, 0.1) is 0 Å². The summed E-state index contributed by atoms with van der Waals surface area (Å²) in [6.07, 6.45) is 2.26. The summed E-state index contributed by atoms with van der Waals surface area (Å²) in [5.41, 5.74) is 7.42. The number of nitrogens with one attached hydrogen (secondary N) is 4. The first-order valence-corrected chi connectivity index (χ1v) is 9.59. The van der Waals surface area contributed by atoms with Crippen LogP contribution in [0.3, 0.4) is 0 Å². The number of likely N-dealkylation sites (tertiary alicyclic amines) is 1. The number of piperidine rings is 1. The van der Waals surface area contributed by atoms with E-state index in [1.54, 1.807) is 12.0 Å². The predicted molar refractivity (Wildman–Crippen MR) is 102 cm³/mol. The molecule has 8 nitrogen and oxygen atoms in total. The Hall–Kier alpha value is -2.32. The van der Waals surface area contributed by atoms with E-state index >= 15 is 0 Å². The summed E-state index contributed by atoms with van der Waals surface area (Å²) < 4.78 is 5.18. The van der Waals surface area contributed by atoms with Crippen molar-refractivity contribution in [2.24, 2.45) is 0 Å². The zero-order valence-corrected chi connectivity index (χ0v) is 16.0. The van der Waals surface area contributed by atoms with Crippen LogP contribution in [0.4, 0.5) is 4.79 Å². The molecule has 148 valence electrons. The van der Waals surface area contributed by atoms with Gasteiger partial charge in [-0.3, -0.25) is 4.79 Å². The van der Waals surface area contributed by atoms with Gasteiger partial charge in [-0.25, -0.2) is 15.6 Å². The molecule has 2 atom stereocenters. The first kappa shape index (κ1) is 19.4. The van der Waals surface area contributed by atoms with Gasteiger partial charge in [-0.15, -0.1) is 0 Å². The normalized spacial score (nSPS) is 23.1. The molecule has 1 aromatic rings. The average molecular weight is 375 g/mol. The van der Waals surface area contributed by atoms with E-state index in [0.717, 1.165) is 24.2 Å². The first-order valence-electron chi connectivity index (χ1n) is 9.59. The van der Waals surface area contributed by atoms with Gasteiger partial charge in [-0.05, 0) is 43.9 Å². The molecule has 0 saturated carbocycles. The number of carbonyl (C=O) groups excluding carboxylic acids is 2. The second-order valence-corrected chi connectivity index (χ2v) is 7.01. The molecule has 3 rings (SSSR count). The Kier molecular flexibility index (Phi) is 6.52. The van der Waals surface area contributed by atoms with Crippen molar-refractivity contribution in [2.45, 2.75) is 44.3 Å². The SMILES string of the molecule is CCNC(=O)N1CCC(NC(=O)C2CC(c3ccc(OC)cc3)NN2)CC1. The molecule has 3 amide bonds. The van der Waals surface area contributed by atoms with E-state index in [4.69, 9.17) is 4.74 Å². The van der Waals surface area contributed by atoms with Crippen LogP contribution in [0.15, 0.2) is 24.3 Å². The van der Waals surface area contributed by atoms with E-state index in [0.29, 0.717) is 26.1 Å². The van der Waals surface area contributed by atoms with Crippen molar-refractivity contribution in [1.82, 2.24) is 26.4 Å². The van der Waals surface area contributed by atoms with Gasteiger partial charge in [-0.1, -0.05) is 12.1 Å². The highest BCUT2D eigenvalue weighted by atomic mass is 16.5. The number of hydrazine groups is 1. The minimum absolute atomic E-state index is 0.00923. The van der Waals surface area contributed by atoms with Crippen LogP contribution in [-0.4, -0.2) is 55.7 Å². The van der Waals surface area contributed by atoms with E-state index in [2.05, 4.69) is 21.5 Å². The molecule has 2 aliphatic rings. The highest BCUT2D eigenvalue weighted by molar-refractivity contribution is 5.82. The van der Waals surface area contributed by atoms with Crippen LogP contribution in [0.25, 0.3) is 0 Å². The highest BCUT2D eigenvalue weighted by Gasteiger charge is 2.32. The molecule has 0 bridgehead atoms. The van der Waals surface area contributed by atoms with Crippen LogP contribution in [-0.2, 0) is 4.79 Å². The lowest BCUT2D eigenvalue weighted by atomic mass is 10.0. The van der Waals surface area contributed by atoms with Crippen molar-refractivity contribution >= 4 is 11.9 Å². The standard InChI is InChI=1S/C19H29N5O3/c1-3-20-19(26)24-10-8-14(9-11-24)21-18(25)17-12-16(22-23-17)13-4-6-15(27-2)7-5-13/h4-7,14,16-17,22-23H,3,8-12H2,1-2H3,(H,20,26)(H,21,25). The number of urea groups is 1. The molecule has 0 radical (unpaired) electrons. The maximum Gasteiger partial charge on any atom is 0.317 e. The molecule has 0 spiro atoms. The average Bonchev–Trinajstić information content (AvgIpc) is 3.19. The maximum absolute atomic E-state index is 12.6. The minimum Gasteiger partial charge on any atom is -0.497 e. The van der Waals surface area contributed by atoms with E-state index < -0.39 is 0 Å². The molecular formula is C19H29N5O3. The van der Waals surface area contributed by atoms with Crippen LogP contribution >= 0.6 is 0 Å². The van der Waals surface area contributed by atoms with Crippen molar-refractivity contribution in [3.63, 3.8) is 0 Å². The van der Waals surface area contributed by atoms with E-state index in [1.165, 1.54) is 0 Å². The number of ether oxygens (including phenoxy) is 1. The monoisotopic (exact) mass is 375 g/mol. The molecule has 0 aromatic heterocycles. The van der Waals surface area contributed by atoms with Gasteiger partial charge in [0, 0.05) is 31.7 Å². The van der Waals surface area contributed by atoms with Gasteiger partial charge in [0.05, 0.1) is 7.11 Å². The molecule has 2 saturated heterocycles. The molecule has 27 heavy (non-hydrogen) atoms. The second kappa shape index (κ2) is 9.05. The number of rotatable bonds is 5. The summed E-state index contributed by atoms with van der Waals surface area (Å²) in [5, 5.41) is 5.94. The Bertz CT molecular complexity index is 643. The summed E-state index contributed by atoms with van der Waals surface area (Å²) >= 11 is 0. The fourth-order valence-electron chi connectivity index (χ4n) is 3.57. The topological polar surface area (TPSA) is 94.7 Å². The van der Waals surface area contributed by atoms with Gasteiger partial charge in [0.2, 0.25) is 5.91 Å². The fourth-order valence-corrected chi connectivity index (χ4v) is 3.57. The molecule has 2 fully saturated rings. The van der Waals surface area contributed by atoms with Crippen molar-refractivity contribution < 1.29 is 14.3 Å². The van der Waals surface area contributed by atoms with Crippen LogP contribution in [0.5, 0.6) is 5.75 Å². The molecule has 2 unspecified atom stereocenters. The summed E-state index contributed by atoms with van der Waals surface area (Å²) in [6.45, 7) is 3.88. The summed E-state index contributed by atoms with van der Waals surface area (Å²) in [6, 6.07) is 7.78. The first-order chi connectivity index (χ1) is 13.1. The Morgan fingerprint density at radius 1 is 1.19 bits per heavy atom. The largest absolute Gasteiger partial charge is 0.497 e. The van der Waals surface area contributed by atoms with Crippen molar-refractivity contribution in [3.05, 3.63) is 29.8 Å². The number of carbonyl (C=O) groups is 2. The number of hydrogen-bond donors (Lipinski definition) is 4. The lowest BCUT2D eigenvalue weighted by molar-refractivity contribution is -0.123. The summed E-state index contributed by atoms with van der Waals surface area (Å²) in [7, 11) is 1.64. The van der Waals surface area contributed by atoms with Gasteiger partial charge in [0.15, 0.2) is 0 Å². The Labute approximate surface area is 160 Å². The second-order valence-electron chi connectivity index (χ2n) is 7.01.